The van der Waals surface area contributed by atoms with Crippen molar-refractivity contribution < 1.29 is 14.7 Å². The lowest BCUT2D eigenvalue weighted by Crippen LogP contribution is -1.97. The summed E-state index contributed by atoms with van der Waals surface area (Å²) in [4.78, 5) is 32.8. The summed E-state index contributed by atoms with van der Waals surface area (Å²) in [5.74, 6) is -0.489. The quantitative estimate of drug-likeness (QED) is 0.382. The zero-order valence-electron chi connectivity index (χ0n) is 17.4. The smallest absolute Gasteiger partial charge is 0.337 e. The number of benzene rings is 1. The van der Waals surface area contributed by atoms with Gasteiger partial charge >= 0.3 is 5.97 Å². The fraction of sp³-hybridized carbons (Fsp3) is 0.120. The number of anilines is 1. The van der Waals surface area contributed by atoms with Gasteiger partial charge in [-0.25, -0.2) is 9.78 Å². The lowest BCUT2D eigenvalue weighted by molar-refractivity contribution is -0.114. The lowest BCUT2D eigenvalue weighted by Gasteiger charge is -2.04. The van der Waals surface area contributed by atoms with E-state index in [1.54, 1.807) is 47.9 Å². The van der Waals surface area contributed by atoms with Gasteiger partial charge in [0.15, 0.2) is 5.78 Å². The Labute approximate surface area is 189 Å². The van der Waals surface area contributed by atoms with Gasteiger partial charge in [-0.05, 0) is 84.5 Å². The second-order valence-electron chi connectivity index (χ2n) is 7.48. The topological polar surface area (TPSA) is 106 Å². The summed E-state index contributed by atoms with van der Waals surface area (Å²) >= 11 is 1.69. The SMILES string of the molecule is Cc1cc(-c2ccc(C(=O)O)cn2)cc2cc(CCC(=O)/C=C/c3ccc(N)nc3)sc12. The summed E-state index contributed by atoms with van der Waals surface area (Å²) in [6.45, 7) is 2.05. The second-order valence-corrected chi connectivity index (χ2v) is 8.61. The number of hydrogen-bond acceptors (Lipinski definition) is 6. The van der Waals surface area contributed by atoms with Crippen molar-refractivity contribution in [2.75, 3.05) is 5.73 Å². The summed E-state index contributed by atoms with van der Waals surface area (Å²) in [5, 5.41) is 10.1. The Morgan fingerprint density at radius 1 is 1.09 bits per heavy atom. The van der Waals surface area contributed by atoms with Crippen LogP contribution in [0.2, 0.25) is 0 Å². The van der Waals surface area contributed by atoms with Crippen molar-refractivity contribution in [3.05, 3.63) is 82.5 Å². The van der Waals surface area contributed by atoms with E-state index < -0.39 is 5.97 Å². The molecule has 0 fully saturated rings. The van der Waals surface area contributed by atoms with E-state index in [-0.39, 0.29) is 11.3 Å². The van der Waals surface area contributed by atoms with Crippen LogP contribution in [0, 0.1) is 6.92 Å². The molecule has 0 aliphatic heterocycles. The minimum atomic E-state index is -0.993. The summed E-state index contributed by atoms with van der Waals surface area (Å²) < 4.78 is 1.18. The van der Waals surface area contributed by atoms with Gasteiger partial charge < -0.3 is 10.8 Å². The number of aromatic nitrogens is 2. The van der Waals surface area contributed by atoms with Gasteiger partial charge in [0, 0.05) is 34.0 Å². The van der Waals surface area contributed by atoms with Gasteiger partial charge in [-0.15, -0.1) is 11.3 Å². The Hall–Kier alpha value is -3.84. The van der Waals surface area contributed by atoms with E-state index in [1.165, 1.54) is 10.9 Å². The van der Waals surface area contributed by atoms with Crippen molar-refractivity contribution in [3.63, 3.8) is 0 Å². The number of aryl methyl sites for hydroxylation is 2. The number of pyridine rings is 2. The summed E-state index contributed by atoms with van der Waals surface area (Å²) in [5.41, 5.74) is 9.36. The highest BCUT2D eigenvalue weighted by atomic mass is 32.1. The van der Waals surface area contributed by atoms with Crippen molar-refractivity contribution in [2.45, 2.75) is 19.8 Å². The Balaban J connectivity index is 1.47. The summed E-state index contributed by atoms with van der Waals surface area (Å²) in [6.07, 6.45) is 7.43. The molecular weight excluding hydrogens is 422 g/mol. The molecular formula is C25H21N3O3S. The van der Waals surface area contributed by atoms with Crippen LogP contribution in [0.5, 0.6) is 0 Å². The second kappa shape index (κ2) is 9.11. The first kappa shape index (κ1) is 21.4. The standard InChI is InChI=1S/C25H21N3O3S/c1-15-10-18(22-8-4-17(14-27-22)25(30)31)11-19-12-21(32-24(15)19)7-6-20(29)5-2-16-3-9-23(26)28-13-16/h2-5,8-14H,6-7H2,1H3,(H2,26,28)(H,30,31)/b5-2+. The molecule has 7 heteroatoms. The van der Waals surface area contributed by atoms with Gasteiger partial charge in [-0.2, -0.15) is 0 Å². The summed E-state index contributed by atoms with van der Waals surface area (Å²) in [7, 11) is 0. The number of fused-ring (bicyclic) bond motifs is 1. The highest BCUT2D eigenvalue weighted by molar-refractivity contribution is 7.19. The molecule has 0 bridgehead atoms. The predicted octanol–water partition coefficient (Wildman–Crippen LogP) is 5.16. The van der Waals surface area contributed by atoms with Crippen molar-refractivity contribution in [3.8, 4) is 11.3 Å². The maximum absolute atomic E-state index is 12.3. The van der Waals surface area contributed by atoms with E-state index in [4.69, 9.17) is 10.8 Å². The molecule has 1 aromatic carbocycles. The fourth-order valence-corrected chi connectivity index (χ4v) is 4.49. The number of nitrogens with zero attached hydrogens (tertiary/aromatic N) is 2. The number of carboxylic acid groups (broad SMARTS) is 1. The van der Waals surface area contributed by atoms with E-state index in [0.717, 1.165) is 32.6 Å². The first-order valence-corrected chi connectivity index (χ1v) is 10.9. The molecule has 0 saturated heterocycles. The number of ketones is 1. The van der Waals surface area contributed by atoms with Crippen LogP contribution in [0.15, 0.2) is 60.9 Å². The van der Waals surface area contributed by atoms with Crippen molar-refractivity contribution >= 4 is 45.1 Å². The average molecular weight is 444 g/mol. The molecule has 0 radical (unpaired) electrons. The molecule has 32 heavy (non-hydrogen) atoms. The van der Waals surface area contributed by atoms with Gasteiger partial charge in [-0.1, -0.05) is 0 Å². The van der Waals surface area contributed by atoms with E-state index in [1.807, 2.05) is 13.0 Å². The van der Waals surface area contributed by atoms with Crippen LogP contribution in [-0.4, -0.2) is 26.8 Å². The Morgan fingerprint density at radius 2 is 1.94 bits per heavy atom. The van der Waals surface area contributed by atoms with Crippen LogP contribution in [0.25, 0.3) is 27.4 Å². The van der Waals surface area contributed by atoms with Crippen LogP contribution in [0.1, 0.15) is 32.8 Å². The molecule has 0 aliphatic rings. The summed E-state index contributed by atoms with van der Waals surface area (Å²) in [6, 6.07) is 13.0. The zero-order valence-corrected chi connectivity index (χ0v) is 18.2. The first-order chi connectivity index (χ1) is 15.4. The number of aromatic carboxylic acids is 1. The van der Waals surface area contributed by atoms with Crippen LogP contribution in [-0.2, 0) is 11.2 Å². The molecule has 160 valence electrons. The van der Waals surface area contributed by atoms with E-state index in [2.05, 4.69) is 28.2 Å². The maximum Gasteiger partial charge on any atom is 0.337 e. The van der Waals surface area contributed by atoms with Crippen molar-refractivity contribution in [2.24, 2.45) is 0 Å². The minimum Gasteiger partial charge on any atom is -0.478 e. The third-order valence-corrected chi connectivity index (χ3v) is 6.39. The molecule has 0 unspecified atom stereocenters. The minimum absolute atomic E-state index is 0.0550. The highest BCUT2D eigenvalue weighted by Crippen LogP contribution is 2.33. The van der Waals surface area contributed by atoms with Crippen molar-refractivity contribution in [1.29, 1.82) is 0 Å². The number of allylic oxidation sites excluding steroid dienone is 1. The number of nitrogens with two attached hydrogens (primary N) is 1. The fourth-order valence-electron chi connectivity index (χ4n) is 3.38. The van der Waals surface area contributed by atoms with Crippen molar-refractivity contribution in [1.82, 2.24) is 9.97 Å². The number of hydrogen-bond donors (Lipinski definition) is 2. The number of rotatable bonds is 7. The molecule has 4 aromatic rings. The number of carbonyl (C=O) groups excluding carboxylic acids is 1. The van der Waals surface area contributed by atoms with E-state index in [9.17, 15) is 9.59 Å². The van der Waals surface area contributed by atoms with E-state index >= 15 is 0 Å². The van der Waals surface area contributed by atoms with Gasteiger partial charge in [-0.3, -0.25) is 9.78 Å². The molecule has 0 spiro atoms. The van der Waals surface area contributed by atoms with Crippen LogP contribution >= 0.6 is 11.3 Å². The third kappa shape index (κ3) is 4.90. The van der Waals surface area contributed by atoms with E-state index in [0.29, 0.717) is 18.7 Å². The lowest BCUT2D eigenvalue weighted by atomic mass is 10.0. The van der Waals surface area contributed by atoms with Gasteiger partial charge in [0.05, 0.1) is 11.3 Å². The third-order valence-electron chi connectivity index (χ3n) is 5.05. The first-order valence-electron chi connectivity index (χ1n) is 10.0. The van der Waals surface area contributed by atoms with Crippen LogP contribution < -0.4 is 5.73 Å². The molecule has 3 aromatic heterocycles. The van der Waals surface area contributed by atoms with Gasteiger partial charge in [0.25, 0.3) is 0 Å². The predicted molar refractivity (Wildman–Crippen MR) is 128 cm³/mol. The Kier molecular flexibility index (Phi) is 6.09. The highest BCUT2D eigenvalue weighted by Gasteiger charge is 2.10. The molecule has 0 saturated carbocycles. The largest absolute Gasteiger partial charge is 0.478 e. The van der Waals surface area contributed by atoms with Gasteiger partial charge in [0.2, 0.25) is 0 Å². The Bertz CT molecular complexity index is 1320. The molecule has 0 atom stereocenters. The average Bonchev–Trinajstić information content (AvgIpc) is 3.21. The zero-order chi connectivity index (χ0) is 22.7. The number of carbonyl (C=O) groups is 2. The molecule has 0 amide bonds. The maximum atomic E-state index is 12.3. The molecule has 6 nitrogen and oxygen atoms in total. The Morgan fingerprint density at radius 3 is 2.62 bits per heavy atom. The molecule has 3 heterocycles. The van der Waals surface area contributed by atoms with Gasteiger partial charge in [0.1, 0.15) is 5.82 Å². The number of carboxylic acids is 1. The number of thiophene rings is 1. The monoisotopic (exact) mass is 443 g/mol. The molecule has 4 rings (SSSR count). The van der Waals surface area contributed by atoms with Crippen LogP contribution in [0.3, 0.4) is 0 Å². The van der Waals surface area contributed by atoms with Crippen LogP contribution in [0.4, 0.5) is 5.82 Å². The normalized spacial score (nSPS) is 11.3. The molecule has 0 aliphatic carbocycles. The number of nitrogen functional groups attached to an aromatic ring is 1. The molecule has 3 N–H and O–H groups in total.